The smallest absolute Gasteiger partial charge is 0.309 e. The summed E-state index contributed by atoms with van der Waals surface area (Å²) in [5.74, 6) is -1.13. The van der Waals surface area contributed by atoms with Gasteiger partial charge in [-0.1, -0.05) is 36.4 Å². The normalized spacial score (nSPS) is 18.7. The van der Waals surface area contributed by atoms with Crippen LogP contribution in [-0.2, 0) is 9.53 Å². The van der Waals surface area contributed by atoms with E-state index in [1.165, 1.54) is 35.6 Å². The molecule has 1 fully saturated rings. The Kier molecular flexibility index (Phi) is 6.39. The molecule has 3 aromatic rings. The standard InChI is InChI=1S/C25H20F2O3S/c26-18-7-3-16(4-8-18)25(17-5-9-19(27)10-6-17)22(23-2-1-13-31-23)12-11-21-14-20(28)15-24(29)30-21/h1-13,20-21,28H,14-15H2. The van der Waals surface area contributed by atoms with Crippen molar-refractivity contribution in [2.24, 2.45) is 0 Å². The summed E-state index contributed by atoms with van der Waals surface area (Å²) in [6.45, 7) is 0. The zero-order valence-electron chi connectivity index (χ0n) is 16.5. The molecule has 31 heavy (non-hydrogen) atoms. The molecule has 0 radical (unpaired) electrons. The predicted molar refractivity (Wildman–Crippen MR) is 117 cm³/mol. The van der Waals surface area contributed by atoms with E-state index in [-0.39, 0.29) is 18.1 Å². The van der Waals surface area contributed by atoms with Crippen molar-refractivity contribution < 1.29 is 23.4 Å². The van der Waals surface area contributed by atoms with Crippen LogP contribution in [0.3, 0.4) is 0 Å². The lowest BCUT2D eigenvalue weighted by atomic mass is 9.91. The van der Waals surface area contributed by atoms with Crippen molar-refractivity contribution in [1.29, 1.82) is 0 Å². The van der Waals surface area contributed by atoms with Crippen LogP contribution in [0.15, 0.2) is 78.2 Å². The second kappa shape index (κ2) is 9.37. The molecule has 1 N–H and O–H groups in total. The number of carbonyl (C=O) groups is 1. The molecule has 0 saturated carbocycles. The van der Waals surface area contributed by atoms with Crippen LogP contribution in [-0.4, -0.2) is 23.3 Å². The molecule has 0 bridgehead atoms. The van der Waals surface area contributed by atoms with Crippen LogP contribution in [0.5, 0.6) is 0 Å². The number of aliphatic hydroxyl groups excluding tert-OH is 1. The minimum absolute atomic E-state index is 0.00559. The fourth-order valence-corrected chi connectivity index (χ4v) is 4.32. The highest BCUT2D eigenvalue weighted by atomic mass is 32.1. The van der Waals surface area contributed by atoms with Gasteiger partial charge in [-0.05, 0) is 64.1 Å². The minimum atomic E-state index is -0.737. The van der Waals surface area contributed by atoms with Crippen LogP contribution in [0.1, 0.15) is 28.8 Å². The van der Waals surface area contributed by atoms with E-state index in [2.05, 4.69) is 0 Å². The Hall–Kier alpha value is -3.09. The van der Waals surface area contributed by atoms with Gasteiger partial charge in [-0.3, -0.25) is 4.79 Å². The Balaban J connectivity index is 1.86. The molecule has 1 aromatic heterocycles. The third-order valence-electron chi connectivity index (χ3n) is 4.99. The van der Waals surface area contributed by atoms with Gasteiger partial charge >= 0.3 is 5.97 Å². The van der Waals surface area contributed by atoms with Crippen molar-refractivity contribution in [3.05, 3.63) is 106 Å². The maximum atomic E-state index is 13.6. The van der Waals surface area contributed by atoms with E-state index in [1.807, 2.05) is 23.6 Å². The average molecular weight is 438 g/mol. The molecule has 4 rings (SSSR count). The first-order valence-electron chi connectivity index (χ1n) is 9.85. The molecule has 1 saturated heterocycles. The Morgan fingerprint density at radius 3 is 2.13 bits per heavy atom. The van der Waals surface area contributed by atoms with Gasteiger partial charge in [-0.2, -0.15) is 0 Å². The van der Waals surface area contributed by atoms with E-state index in [1.54, 1.807) is 30.3 Å². The number of benzene rings is 2. The molecule has 0 amide bonds. The quantitative estimate of drug-likeness (QED) is 0.416. The van der Waals surface area contributed by atoms with Crippen molar-refractivity contribution in [2.75, 3.05) is 0 Å². The third-order valence-corrected chi connectivity index (χ3v) is 5.89. The van der Waals surface area contributed by atoms with Gasteiger partial charge in [0.25, 0.3) is 0 Å². The van der Waals surface area contributed by atoms with Crippen molar-refractivity contribution >= 4 is 28.5 Å². The van der Waals surface area contributed by atoms with Crippen molar-refractivity contribution in [2.45, 2.75) is 25.0 Å². The highest BCUT2D eigenvalue weighted by molar-refractivity contribution is 7.11. The van der Waals surface area contributed by atoms with Crippen LogP contribution in [0.25, 0.3) is 11.1 Å². The molecule has 2 atom stereocenters. The largest absolute Gasteiger partial charge is 0.458 e. The number of cyclic esters (lactones) is 1. The lowest BCUT2D eigenvalue weighted by molar-refractivity contribution is -0.156. The fraction of sp³-hybridized carbons (Fsp3) is 0.160. The van der Waals surface area contributed by atoms with Crippen LogP contribution < -0.4 is 0 Å². The Labute approximate surface area is 182 Å². The third kappa shape index (κ3) is 5.16. The molecule has 1 aliphatic heterocycles. The summed E-state index contributed by atoms with van der Waals surface area (Å²) in [4.78, 5) is 12.6. The fourth-order valence-electron chi connectivity index (χ4n) is 3.56. The molecule has 2 unspecified atom stereocenters. The first kappa shape index (κ1) is 21.2. The average Bonchev–Trinajstić information content (AvgIpc) is 3.27. The van der Waals surface area contributed by atoms with E-state index < -0.39 is 18.2 Å². The van der Waals surface area contributed by atoms with Gasteiger partial charge in [0.15, 0.2) is 0 Å². The van der Waals surface area contributed by atoms with Crippen molar-refractivity contribution in [3.8, 4) is 0 Å². The number of rotatable bonds is 5. The van der Waals surface area contributed by atoms with Gasteiger partial charge in [0.1, 0.15) is 17.7 Å². The predicted octanol–water partition coefficient (Wildman–Crippen LogP) is 5.61. The second-order valence-electron chi connectivity index (χ2n) is 7.26. The van der Waals surface area contributed by atoms with E-state index in [4.69, 9.17) is 4.74 Å². The summed E-state index contributed by atoms with van der Waals surface area (Å²) in [7, 11) is 0. The molecule has 0 aliphatic carbocycles. The second-order valence-corrected chi connectivity index (χ2v) is 8.21. The number of esters is 1. The van der Waals surface area contributed by atoms with E-state index in [0.717, 1.165) is 27.2 Å². The lowest BCUT2D eigenvalue weighted by Gasteiger charge is -2.23. The zero-order valence-corrected chi connectivity index (χ0v) is 17.3. The van der Waals surface area contributed by atoms with E-state index in [9.17, 15) is 18.7 Å². The Morgan fingerprint density at radius 2 is 1.61 bits per heavy atom. The summed E-state index contributed by atoms with van der Waals surface area (Å²) in [5, 5.41) is 11.8. The first-order chi connectivity index (χ1) is 15.0. The molecule has 3 nitrogen and oxygen atoms in total. The highest BCUT2D eigenvalue weighted by Crippen LogP contribution is 2.36. The van der Waals surface area contributed by atoms with Crippen LogP contribution in [0, 0.1) is 11.6 Å². The van der Waals surface area contributed by atoms with E-state index >= 15 is 0 Å². The molecule has 0 spiro atoms. The number of hydrogen-bond acceptors (Lipinski definition) is 4. The van der Waals surface area contributed by atoms with E-state index in [0.29, 0.717) is 6.42 Å². The summed E-state index contributed by atoms with van der Waals surface area (Å²) < 4.78 is 32.5. The van der Waals surface area contributed by atoms with Gasteiger partial charge in [0.2, 0.25) is 0 Å². The first-order valence-corrected chi connectivity index (χ1v) is 10.7. The van der Waals surface area contributed by atoms with Crippen LogP contribution in [0.4, 0.5) is 8.78 Å². The van der Waals surface area contributed by atoms with Crippen LogP contribution >= 0.6 is 11.3 Å². The molecule has 2 aromatic carbocycles. The van der Waals surface area contributed by atoms with Gasteiger partial charge in [-0.25, -0.2) is 8.78 Å². The summed E-state index contributed by atoms with van der Waals surface area (Å²) in [6, 6.07) is 16.1. The molecule has 158 valence electrons. The molecule has 1 aliphatic rings. The lowest BCUT2D eigenvalue weighted by Crippen LogP contribution is -2.31. The molecule has 2 heterocycles. The number of thiophene rings is 1. The SMILES string of the molecule is O=C1CC(O)CC(C=CC(=C(c2ccc(F)cc2)c2ccc(F)cc2)c2cccs2)O1. The van der Waals surface area contributed by atoms with Gasteiger partial charge < -0.3 is 9.84 Å². The highest BCUT2D eigenvalue weighted by Gasteiger charge is 2.25. The topological polar surface area (TPSA) is 46.5 Å². The Morgan fingerprint density at radius 1 is 1.00 bits per heavy atom. The number of allylic oxidation sites excluding steroid dienone is 2. The number of halogens is 2. The van der Waals surface area contributed by atoms with Crippen molar-refractivity contribution in [1.82, 2.24) is 0 Å². The summed E-state index contributed by atoms with van der Waals surface area (Å²) in [5.41, 5.74) is 3.15. The van der Waals surface area contributed by atoms with Gasteiger partial charge in [0.05, 0.1) is 12.5 Å². The molecule has 6 heteroatoms. The zero-order chi connectivity index (χ0) is 21.8. The molecular formula is C25H20F2O3S. The number of aliphatic hydroxyl groups is 1. The maximum Gasteiger partial charge on any atom is 0.309 e. The van der Waals surface area contributed by atoms with Crippen molar-refractivity contribution in [3.63, 3.8) is 0 Å². The Bertz CT molecular complexity index is 1050. The van der Waals surface area contributed by atoms with Gasteiger partial charge in [0, 0.05) is 11.3 Å². The number of ether oxygens (including phenoxy) is 1. The number of carbonyl (C=O) groups excluding carboxylic acids is 1. The maximum absolute atomic E-state index is 13.6. The summed E-state index contributed by atoms with van der Waals surface area (Å²) >= 11 is 1.53. The van der Waals surface area contributed by atoms with Gasteiger partial charge in [-0.15, -0.1) is 11.3 Å². The summed E-state index contributed by atoms with van der Waals surface area (Å²) in [6.07, 6.45) is 2.64. The van der Waals surface area contributed by atoms with Crippen LogP contribution in [0.2, 0.25) is 0 Å². The monoisotopic (exact) mass is 438 g/mol. The number of hydrogen-bond donors (Lipinski definition) is 1. The minimum Gasteiger partial charge on any atom is -0.458 e. The molecular weight excluding hydrogens is 418 g/mol.